The lowest BCUT2D eigenvalue weighted by Crippen LogP contribution is -2.37. The molecule has 6 heteroatoms. The minimum absolute atomic E-state index is 0.0133. The van der Waals surface area contributed by atoms with Crippen molar-refractivity contribution in [3.8, 4) is 0 Å². The zero-order valence-corrected chi connectivity index (χ0v) is 9.31. The van der Waals surface area contributed by atoms with Crippen LogP contribution in [0.1, 0.15) is 13.8 Å². The van der Waals surface area contributed by atoms with Gasteiger partial charge in [0.15, 0.2) is 4.77 Å². The summed E-state index contributed by atoms with van der Waals surface area (Å²) in [6, 6.07) is 0. The number of rotatable bonds is 3. The molecule has 0 aliphatic carbocycles. The molecule has 0 saturated heterocycles. The van der Waals surface area contributed by atoms with Gasteiger partial charge in [0, 0.05) is 13.6 Å². The second-order valence-electron chi connectivity index (χ2n) is 3.75. The molecular formula is C8H14N4OS. The van der Waals surface area contributed by atoms with E-state index in [0.29, 0.717) is 11.3 Å². The second kappa shape index (κ2) is 3.91. The van der Waals surface area contributed by atoms with Gasteiger partial charge in [-0.2, -0.15) is 5.10 Å². The van der Waals surface area contributed by atoms with Gasteiger partial charge in [0.2, 0.25) is 5.91 Å². The Morgan fingerprint density at radius 2 is 2.43 bits per heavy atom. The van der Waals surface area contributed by atoms with Crippen LogP contribution in [0.3, 0.4) is 0 Å². The standard InChI is InChI=1S/C8H14N4OS/c1-8(2,6(13)9-3)4-12-5-10-11-7(12)14/h5H,4H2,1-3H3,(H,9,13)(H,11,14). The van der Waals surface area contributed by atoms with E-state index < -0.39 is 5.41 Å². The van der Waals surface area contributed by atoms with Crippen molar-refractivity contribution in [3.05, 3.63) is 11.1 Å². The lowest BCUT2D eigenvalue weighted by molar-refractivity contribution is -0.129. The first kappa shape index (κ1) is 10.9. The highest BCUT2D eigenvalue weighted by Gasteiger charge is 2.27. The van der Waals surface area contributed by atoms with Gasteiger partial charge in [-0.3, -0.25) is 9.89 Å². The number of H-pyrrole nitrogens is 1. The predicted octanol–water partition coefficient (Wildman–Crippen LogP) is 0.713. The van der Waals surface area contributed by atoms with Crippen LogP contribution in [0.25, 0.3) is 0 Å². The summed E-state index contributed by atoms with van der Waals surface area (Å²) in [4.78, 5) is 11.5. The fourth-order valence-electron chi connectivity index (χ4n) is 1.22. The molecular weight excluding hydrogens is 200 g/mol. The van der Waals surface area contributed by atoms with Crippen molar-refractivity contribution >= 4 is 18.1 Å². The molecule has 0 radical (unpaired) electrons. The fourth-order valence-corrected chi connectivity index (χ4v) is 1.38. The van der Waals surface area contributed by atoms with Gasteiger partial charge in [-0.15, -0.1) is 0 Å². The largest absolute Gasteiger partial charge is 0.359 e. The van der Waals surface area contributed by atoms with Crippen LogP contribution in [0.5, 0.6) is 0 Å². The molecule has 1 aromatic rings. The zero-order valence-electron chi connectivity index (χ0n) is 8.50. The Bertz CT molecular complexity index is 379. The SMILES string of the molecule is CNC(=O)C(C)(C)Cn1cn[nH]c1=S. The number of hydrogen-bond donors (Lipinski definition) is 2. The molecule has 1 aromatic heterocycles. The van der Waals surface area contributed by atoms with Crippen LogP contribution < -0.4 is 5.32 Å². The summed E-state index contributed by atoms with van der Waals surface area (Å²) < 4.78 is 2.27. The molecule has 0 aliphatic heterocycles. The molecule has 1 amide bonds. The van der Waals surface area contributed by atoms with E-state index in [1.165, 1.54) is 0 Å². The van der Waals surface area contributed by atoms with E-state index in [1.54, 1.807) is 17.9 Å². The average molecular weight is 214 g/mol. The number of aromatic nitrogens is 3. The molecule has 0 unspecified atom stereocenters. The second-order valence-corrected chi connectivity index (χ2v) is 4.14. The normalized spacial score (nSPS) is 11.4. The third-order valence-corrected chi connectivity index (χ3v) is 2.35. The first-order valence-electron chi connectivity index (χ1n) is 4.29. The van der Waals surface area contributed by atoms with E-state index in [0.717, 1.165) is 0 Å². The molecule has 0 aromatic carbocycles. The van der Waals surface area contributed by atoms with Crippen LogP contribution in [0, 0.1) is 10.2 Å². The van der Waals surface area contributed by atoms with Gasteiger partial charge in [-0.1, -0.05) is 0 Å². The van der Waals surface area contributed by atoms with Crippen molar-refractivity contribution in [1.82, 2.24) is 20.1 Å². The van der Waals surface area contributed by atoms with Crippen molar-refractivity contribution < 1.29 is 4.79 Å². The van der Waals surface area contributed by atoms with Crippen LogP contribution in [-0.2, 0) is 11.3 Å². The van der Waals surface area contributed by atoms with Crippen molar-refractivity contribution in [3.63, 3.8) is 0 Å². The summed E-state index contributed by atoms with van der Waals surface area (Å²) in [5.41, 5.74) is -0.489. The van der Waals surface area contributed by atoms with Crippen LogP contribution in [0.2, 0.25) is 0 Å². The predicted molar refractivity (Wildman–Crippen MR) is 55.3 cm³/mol. The van der Waals surface area contributed by atoms with E-state index in [2.05, 4.69) is 15.5 Å². The van der Waals surface area contributed by atoms with E-state index in [1.807, 2.05) is 13.8 Å². The van der Waals surface area contributed by atoms with Crippen LogP contribution >= 0.6 is 12.2 Å². The summed E-state index contributed by atoms with van der Waals surface area (Å²) >= 11 is 4.99. The molecule has 2 N–H and O–H groups in total. The third kappa shape index (κ3) is 2.20. The molecule has 0 atom stereocenters. The Kier molecular flexibility index (Phi) is 3.05. The van der Waals surface area contributed by atoms with Gasteiger partial charge >= 0.3 is 0 Å². The Morgan fingerprint density at radius 1 is 1.79 bits per heavy atom. The van der Waals surface area contributed by atoms with E-state index >= 15 is 0 Å². The first-order valence-corrected chi connectivity index (χ1v) is 4.70. The van der Waals surface area contributed by atoms with Crippen molar-refractivity contribution in [2.24, 2.45) is 5.41 Å². The first-order chi connectivity index (χ1) is 6.47. The maximum atomic E-state index is 11.5. The lowest BCUT2D eigenvalue weighted by Gasteiger charge is -2.22. The van der Waals surface area contributed by atoms with E-state index in [9.17, 15) is 4.79 Å². The zero-order chi connectivity index (χ0) is 10.8. The minimum atomic E-state index is -0.489. The molecule has 0 bridgehead atoms. The number of carbonyl (C=O) groups is 1. The number of carbonyl (C=O) groups excluding carboxylic acids is 1. The number of nitrogens with zero attached hydrogens (tertiary/aromatic N) is 2. The molecule has 1 rings (SSSR count). The maximum absolute atomic E-state index is 11.5. The molecule has 1 heterocycles. The topological polar surface area (TPSA) is 62.7 Å². The Labute approximate surface area is 87.5 Å². The van der Waals surface area contributed by atoms with Gasteiger partial charge in [0.05, 0.1) is 5.41 Å². The number of amides is 1. The number of hydrogen-bond acceptors (Lipinski definition) is 3. The fraction of sp³-hybridized carbons (Fsp3) is 0.625. The molecule has 0 saturated carbocycles. The summed E-state index contributed by atoms with van der Waals surface area (Å²) in [5.74, 6) is -0.0133. The summed E-state index contributed by atoms with van der Waals surface area (Å²) in [7, 11) is 1.62. The van der Waals surface area contributed by atoms with Crippen LogP contribution in [0.15, 0.2) is 6.33 Å². The molecule has 5 nitrogen and oxygen atoms in total. The third-order valence-electron chi connectivity index (χ3n) is 2.03. The van der Waals surface area contributed by atoms with Crippen molar-refractivity contribution in [1.29, 1.82) is 0 Å². The molecule has 78 valence electrons. The van der Waals surface area contributed by atoms with E-state index in [-0.39, 0.29) is 5.91 Å². The molecule has 0 fully saturated rings. The highest BCUT2D eigenvalue weighted by molar-refractivity contribution is 7.71. The highest BCUT2D eigenvalue weighted by Crippen LogP contribution is 2.17. The average Bonchev–Trinajstić information content (AvgIpc) is 2.50. The molecule has 0 spiro atoms. The summed E-state index contributed by atoms with van der Waals surface area (Å²) in [6.45, 7) is 4.24. The molecule has 0 aliphatic rings. The smallest absolute Gasteiger partial charge is 0.227 e. The molecule has 14 heavy (non-hydrogen) atoms. The van der Waals surface area contributed by atoms with Crippen LogP contribution in [0.4, 0.5) is 0 Å². The Morgan fingerprint density at radius 3 is 2.86 bits per heavy atom. The van der Waals surface area contributed by atoms with Gasteiger partial charge in [-0.05, 0) is 26.1 Å². The van der Waals surface area contributed by atoms with Crippen molar-refractivity contribution in [2.75, 3.05) is 7.05 Å². The lowest BCUT2D eigenvalue weighted by atomic mass is 9.92. The van der Waals surface area contributed by atoms with Gasteiger partial charge in [0.25, 0.3) is 0 Å². The minimum Gasteiger partial charge on any atom is -0.359 e. The van der Waals surface area contributed by atoms with Gasteiger partial charge in [-0.25, -0.2) is 0 Å². The van der Waals surface area contributed by atoms with E-state index in [4.69, 9.17) is 12.2 Å². The highest BCUT2D eigenvalue weighted by atomic mass is 32.1. The monoisotopic (exact) mass is 214 g/mol. The van der Waals surface area contributed by atoms with Crippen LogP contribution in [-0.4, -0.2) is 27.7 Å². The Balaban J connectivity index is 2.83. The quantitative estimate of drug-likeness (QED) is 0.728. The summed E-state index contributed by atoms with van der Waals surface area (Å²) in [6.07, 6.45) is 1.59. The number of nitrogens with one attached hydrogen (secondary N) is 2. The maximum Gasteiger partial charge on any atom is 0.227 e. The number of aromatic amines is 1. The summed E-state index contributed by atoms with van der Waals surface area (Å²) in [5, 5.41) is 9.06. The van der Waals surface area contributed by atoms with Crippen molar-refractivity contribution in [2.45, 2.75) is 20.4 Å². The van der Waals surface area contributed by atoms with Gasteiger partial charge in [0.1, 0.15) is 6.33 Å². The Hall–Kier alpha value is -1.17. The van der Waals surface area contributed by atoms with Gasteiger partial charge < -0.3 is 9.88 Å².